The highest BCUT2D eigenvalue weighted by molar-refractivity contribution is 6.29. The first-order valence-corrected chi connectivity index (χ1v) is 10.3. The predicted octanol–water partition coefficient (Wildman–Crippen LogP) is 4.10. The van der Waals surface area contributed by atoms with Crippen molar-refractivity contribution in [3.05, 3.63) is 33.3 Å². The van der Waals surface area contributed by atoms with E-state index in [0.717, 1.165) is 12.8 Å². The molecule has 0 aliphatic rings. The Morgan fingerprint density at radius 3 is 2.62 bits per heavy atom. The molecule has 2 aromatic heterocycles. The van der Waals surface area contributed by atoms with Gasteiger partial charge in [0, 0.05) is 13.5 Å². The number of fused-ring (bicyclic) bond motifs is 1. The Balaban J connectivity index is 2.36. The second kappa shape index (κ2) is 10.2. The molecule has 0 saturated carbocycles. The average molecular weight is 424 g/mol. The van der Waals surface area contributed by atoms with Crippen LogP contribution in [0.2, 0.25) is 5.15 Å². The molecule has 8 heteroatoms. The van der Waals surface area contributed by atoms with Gasteiger partial charge in [0.05, 0.1) is 12.6 Å². The van der Waals surface area contributed by atoms with E-state index in [0.29, 0.717) is 41.5 Å². The zero-order valence-corrected chi connectivity index (χ0v) is 18.6. The third-order valence-electron chi connectivity index (χ3n) is 4.33. The highest BCUT2D eigenvalue weighted by Gasteiger charge is 2.21. The number of ether oxygens (including phenoxy) is 2. The largest absolute Gasteiger partial charge is 0.460 e. The summed E-state index contributed by atoms with van der Waals surface area (Å²) in [5.41, 5.74) is 0.713. The van der Waals surface area contributed by atoms with E-state index in [9.17, 15) is 9.59 Å². The van der Waals surface area contributed by atoms with Crippen molar-refractivity contribution >= 4 is 28.7 Å². The van der Waals surface area contributed by atoms with Gasteiger partial charge in [-0.3, -0.25) is 14.2 Å². The molecule has 0 bridgehead atoms. The van der Waals surface area contributed by atoms with Crippen molar-refractivity contribution in [2.24, 2.45) is 0 Å². The molecule has 0 aliphatic carbocycles. The Kier molecular flexibility index (Phi) is 8.16. The van der Waals surface area contributed by atoms with E-state index < -0.39 is 5.60 Å². The molecule has 0 saturated heterocycles. The predicted molar refractivity (Wildman–Crippen MR) is 113 cm³/mol. The number of pyridine rings is 1. The fourth-order valence-corrected chi connectivity index (χ4v) is 3.36. The molecule has 0 spiro atoms. The maximum atomic E-state index is 13.2. The first kappa shape index (κ1) is 23.3. The van der Waals surface area contributed by atoms with Gasteiger partial charge in [-0.25, -0.2) is 9.97 Å². The van der Waals surface area contributed by atoms with Crippen LogP contribution in [0.1, 0.15) is 65.1 Å². The second-order valence-electron chi connectivity index (χ2n) is 8.05. The lowest BCUT2D eigenvalue weighted by Crippen LogP contribution is -2.32. The van der Waals surface area contributed by atoms with Crippen LogP contribution in [-0.4, -0.2) is 39.8 Å². The number of rotatable bonds is 9. The summed E-state index contributed by atoms with van der Waals surface area (Å²) in [5.74, 6) is -0.282. The smallest absolute Gasteiger partial charge is 0.306 e. The monoisotopic (exact) mass is 423 g/mol. The third kappa shape index (κ3) is 6.51. The molecule has 7 nitrogen and oxygen atoms in total. The van der Waals surface area contributed by atoms with Crippen molar-refractivity contribution in [2.75, 3.05) is 13.7 Å². The topological polar surface area (TPSA) is 83.3 Å². The molecule has 0 aromatic carbocycles. The van der Waals surface area contributed by atoms with Crippen molar-refractivity contribution in [2.45, 2.75) is 71.4 Å². The molecule has 2 rings (SSSR count). The van der Waals surface area contributed by atoms with E-state index in [-0.39, 0.29) is 24.0 Å². The Morgan fingerprint density at radius 2 is 2.00 bits per heavy atom. The maximum absolute atomic E-state index is 13.2. The van der Waals surface area contributed by atoms with Gasteiger partial charge in [-0.05, 0) is 52.2 Å². The van der Waals surface area contributed by atoms with Gasteiger partial charge in [0.1, 0.15) is 22.0 Å². The minimum atomic E-state index is -0.524. The quantitative estimate of drug-likeness (QED) is 0.446. The van der Waals surface area contributed by atoms with Gasteiger partial charge < -0.3 is 9.47 Å². The Hall–Kier alpha value is -1.99. The van der Waals surface area contributed by atoms with Crippen molar-refractivity contribution in [3.63, 3.8) is 0 Å². The zero-order valence-electron chi connectivity index (χ0n) is 17.8. The maximum Gasteiger partial charge on any atom is 0.306 e. The lowest BCUT2D eigenvalue weighted by atomic mass is 10.1. The molecule has 2 aromatic rings. The van der Waals surface area contributed by atoms with E-state index >= 15 is 0 Å². The van der Waals surface area contributed by atoms with Crippen molar-refractivity contribution < 1.29 is 14.3 Å². The number of nitrogens with zero attached hydrogens (tertiary/aromatic N) is 3. The summed E-state index contributed by atoms with van der Waals surface area (Å²) in [6.45, 7) is 7.93. The number of aromatic nitrogens is 3. The molecular weight excluding hydrogens is 394 g/mol. The first-order valence-electron chi connectivity index (χ1n) is 9.94. The number of carbonyl (C=O) groups is 1. The first-order chi connectivity index (χ1) is 13.7. The van der Waals surface area contributed by atoms with E-state index in [1.54, 1.807) is 23.8 Å². The summed E-state index contributed by atoms with van der Waals surface area (Å²) in [6, 6.07) is 3.24. The van der Waals surface area contributed by atoms with Crippen molar-refractivity contribution in [1.82, 2.24) is 14.5 Å². The van der Waals surface area contributed by atoms with Gasteiger partial charge in [-0.2, -0.15) is 0 Å². The van der Waals surface area contributed by atoms with Gasteiger partial charge >= 0.3 is 5.97 Å². The summed E-state index contributed by atoms with van der Waals surface area (Å²) >= 11 is 6.08. The zero-order chi connectivity index (χ0) is 21.6. The van der Waals surface area contributed by atoms with E-state index in [2.05, 4.69) is 16.9 Å². The number of carbonyl (C=O) groups excluding carboxylic acids is 1. The Bertz CT molecular complexity index is 899. The molecule has 2 heterocycles. The number of aryl methyl sites for hydroxylation is 1. The van der Waals surface area contributed by atoms with Crippen LogP contribution in [-0.2, 0) is 20.7 Å². The Morgan fingerprint density at radius 1 is 1.28 bits per heavy atom. The molecule has 29 heavy (non-hydrogen) atoms. The van der Waals surface area contributed by atoms with Gasteiger partial charge in [0.15, 0.2) is 5.65 Å². The summed E-state index contributed by atoms with van der Waals surface area (Å²) in [4.78, 5) is 34.0. The van der Waals surface area contributed by atoms with Crippen LogP contribution < -0.4 is 5.56 Å². The van der Waals surface area contributed by atoms with Crippen LogP contribution in [0.25, 0.3) is 11.2 Å². The van der Waals surface area contributed by atoms with Gasteiger partial charge in [0.2, 0.25) is 0 Å². The fourth-order valence-electron chi connectivity index (χ4n) is 3.22. The minimum absolute atomic E-state index is 0.168. The lowest BCUT2D eigenvalue weighted by molar-refractivity contribution is -0.154. The van der Waals surface area contributed by atoms with Crippen LogP contribution in [0.3, 0.4) is 0 Å². The lowest BCUT2D eigenvalue weighted by Gasteiger charge is -2.21. The van der Waals surface area contributed by atoms with E-state index in [1.165, 1.54) is 0 Å². The molecule has 0 radical (unpaired) electrons. The normalized spacial score (nSPS) is 12.9. The van der Waals surface area contributed by atoms with Crippen LogP contribution in [0.4, 0.5) is 0 Å². The van der Waals surface area contributed by atoms with Gasteiger partial charge in [-0.15, -0.1) is 0 Å². The molecule has 0 aliphatic heterocycles. The number of methoxy groups -OCH3 is 1. The molecule has 0 fully saturated rings. The summed E-state index contributed by atoms with van der Waals surface area (Å²) in [7, 11) is 1.61. The van der Waals surface area contributed by atoms with Crippen molar-refractivity contribution in [3.8, 4) is 0 Å². The van der Waals surface area contributed by atoms with Gasteiger partial charge in [-0.1, -0.05) is 24.9 Å². The number of esters is 1. The van der Waals surface area contributed by atoms with E-state index in [1.807, 2.05) is 20.8 Å². The highest BCUT2D eigenvalue weighted by Crippen LogP contribution is 2.20. The van der Waals surface area contributed by atoms with Gasteiger partial charge in [0.25, 0.3) is 5.56 Å². The average Bonchev–Trinajstić information content (AvgIpc) is 2.61. The Labute approximate surface area is 176 Å². The molecule has 0 unspecified atom stereocenters. The fraction of sp³-hybridized carbons (Fsp3) is 0.619. The standard InChI is InChI=1S/C21H30ClN3O4/c1-6-8-14(13-28-5)25-19-15(11-12-17(22)24-19)23-16(20(25)27)9-7-10-18(26)29-21(2,3)4/h11-12,14H,6-10,13H2,1-5H3/t14-/m1/s1. The molecule has 160 valence electrons. The van der Waals surface area contributed by atoms with Crippen LogP contribution >= 0.6 is 11.6 Å². The molecule has 0 amide bonds. The summed E-state index contributed by atoms with van der Waals surface area (Å²) in [6.07, 6.45) is 2.73. The van der Waals surface area contributed by atoms with Crippen molar-refractivity contribution in [1.29, 1.82) is 0 Å². The number of hydrogen-bond acceptors (Lipinski definition) is 6. The second-order valence-corrected chi connectivity index (χ2v) is 8.44. The molecule has 0 N–H and O–H groups in total. The SMILES string of the molecule is CCC[C@H](COC)n1c(=O)c(CCCC(=O)OC(C)(C)C)nc2ccc(Cl)nc21. The minimum Gasteiger partial charge on any atom is -0.460 e. The van der Waals surface area contributed by atoms with E-state index in [4.69, 9.17) is 21.1 Å². The van der Waals surface area contributed by atoms with Crippen LogP contribution in [0, 0.1) is 0 Å². The highest BCUT2D eigenvalue weighted by atomic mass is 35.5. The summed E-state index contributed by atoms with van der Waals surface area (Å²) in [5, 5.41) is 0.304. The number of hydrogen-bond donors (Lipinski definition) is 0. The summed E-state index contributed by atoms with van der Waals surface area (Å²) < 4.78 is 12.3. The van der Waals surface area contributed by atoms with Crippen LogP contribution in [0.15, 0.2) is 16.9 Å². The third-order valence-corrected chi connectivity index (χ3v) is 4.54. The number of halogens is 1. The van der Waals surface area contributed by atoms with Crippen LogP contribution in [0.5, 0.6) is 0 Å². The molecular formula is C21H30ClN3O4. The molecule has 1 atom stereocenters.